The van der Waals surface area contributed by atoms with Gasteiger partial charge in [0, 0.05) is 34.7 Å². The minimum atomic E-state index is -0.533. The molecule has 0 saturated heterocycles. The van der Waals surface area contributed by atoms with Crippen molar-refractivity contribution in [1.82, 2.24) is 20.6 Å². The van der Waals surface area contributed by atoms with Gasteiger partial charge < -0.3 is 31.1 Å². The van der Waals surface area contributed by atoms with Crippen molar-refractivity contribution in [1.29, 1.82) is 0 Å². The van der Waals surface area contributed by atoms with Crippen LogP contribution in [0.15, 0.2) is 54.7 Å². The SMILES string of the molecule is Cc1ccc(O)cc1Nc1ccnc(Nc2cccc(C(=O)NCCOC(=O)NC(C)(C)C)c2)n1. The van der Waals surface area contributed by atoms with Crippen LogP contribution >= 0.6 is 0 Å². The molecule has 3 aromatic rings. The average Bonchev–Trinajstić information content (AvgIpc) is 2.78. The van der Waals surface area contributed by atoms with Gasteiger partial charge in [-0.3, -0.25) is 4.79 Å². The molecule has 1 heterocycles. The van der Waals surface area contributed by atoms with Gasteiger partial charge in [0.2, 0.25) is 5.95 Å². The first-order valence-corrected chi connectivity index (χ1v) is 11.1. The average molecular weight is 479 g/mol. The van der Waals surface area contributed by atoms with Gasteiger partial charge in [-0.25, -0.2) is 9.78 Å². The lowest BCUT2D eigenvalue weighted by Gasteiger charge is -2.19. The Balaban J connectivity index is 1.56. The number of aromatic hydroxyl groups is 1. The van der Waals surface area contributed by atoms with Gasteiger partial charge in [0.15, 0.2) is 0 Å². The molecule has 10 heteroatoms. The monoisotopic (exact) mass is 478 g/mol. The summed E-state index contributed by atoms with van der Waals surface area (Å²) < 4.78 is 5.06. The largest absolute Gasteiger partial charge is 0.508 e. The zero-order valence-electron chi connectivity index (χ0n) is 20.2. The molecule has 0 atom stereocenters. The number of carbonyl (C=O) groups excluding carboxylic acids is 2. The number of aromatic nitrogens is 2. The second kappa shape index (κ2) is 11.2. The summed E-state index contributed by atoms with van der Waals surface area (Å²) in [6.45, 7) is 7.71. The van der Waals surface area contributed by atoms with E-state index in [0.29, 0.717) is 23.0 Å². The topological polar surface area (TPSA) is 138 Å². The number of nitrogens with one attached hydrogen (secondary N) is 4. The van der Waals surface area contributed by atoms with E-state index in [2.05, 4.69) is 31.2 Å². The maximum Gasteiger partial charge on any atom is 0.407 e. The van der Waals surface area contributed by atoms with Crippen molar-refractivity contribution < 1.29 is 19.4 Å². The van der Waals surface area contributed by atoms with Crippen molar-refractivity contribution in [2.45, 2.75) is 33.2 Å². The zero-order valence-corrected chi connectivity index (χ0v) is 20.2. The summed E-state index contributed by atoms with van der Waals surface area (Å²) in [7, 11) is 0. The summed E-state index contributed by atoms with van der Waals surface area (Å²) in [6, 6.07) is 13.6. The molecule has 0 aliphatic rings. The molecule has 5 N–H and O–H groups in total. The molecule has 0 aliphatic heterocycles. The van der Waals surface area contributed by atoms with Gasteiger partial charge >= 0.3 is 6.09 Å². The van der Waals surface area contributed by atoms with Crippen molar-refractivity contribution in [3.8, 4) is 5.75 Å². The highest BCUT2D eigenvalue weighted by atomic mass is 16.5. The third-order valence-electron chi connectivity index (χ3n) is 4.62. The zero-order chi connectivity index (χ0) is 25.4. The summed E-state index contributed by atoms with van der Waals surface area (Å²) in [5.41, 5.74) is 2.35. The lowest BCUT2D eigenvalue weighted by atomic mass is 10.1. The Bertz CT molecular complexity index is 1190. The minimum absolute atomic E-state index is 0.0535. The molecule has 2 amide bonds. The molecular weight excluding hydrogens is 448 g/mol. The molecule has 3 rings (SSSR count). The fourth-order valence-corrected chi connectivity index (χ4v) is 2.99. The van der Waals surface area contributed by atoms with Crippen LogP contribution in [0.3, 0.4) is 0 Å². The van der Waals surface area contributed by atoms with Crippen LogP contribution in [0.5, 0.6) is 5.75 Å². The first-order chi connectivity index (χ1) is 16.6. The number of nitrogens with zero attached hydrogens (tertiary/aromatic N) is 2. The Hall–Kier alpha value is -4.34. The van der Waals surface area contributed by atoms with Gasteiger partial charge in [0.05, 0.1) is 6.54 Å². The van der Waals surface area contributed by atoms with E-state index in [4.69, 9.17) is 4.74 Å². The maximum absolute atomic E-state index is 12.5. The van der Waals surface area contributed by atoms with Crippen molar-refractivity contribution in [3.63, 3.8) is 0 Å². The summed E-state index contributed by atoms with van der Waals surface area (Å²) in [4.78, 5) is 32.8. The summed E-state index contributed by atoms with van der Waals surface area (Å²) >= 11 is 0. The number of rotatable bonds is 8. The Labute approximate surface area is 204 Å². The van der Waals surface area contributed by atoms with Gasteiger partial charge in [-0.2, -0.15) is 4.98 Å². The molecule has 1 aromatic heterocycles. The summed E-state index contributed by atoms with van der Waals surface area (Å²) in [5, 5.41) is 21.4. The van der Waals surface area contributed by atoms with Crippen LogP contribution in [0, 0.1) is 6.92 Å². The lowest BCUT2D eigenvalue weighted by Crippen LogP contribution is -2.41. The number of carbonyl (C=O) groups is 2. The van der Waals surface area contributed by atoms with Crippen LogP contribution in [-0.2, 0) is 4.74 Å². The lowest BCUT2D eigenvalue weighted by molar-refractivity contribution is 0.0931. The highest BCUT2D eigenvalue weighted by Gasteiger charge is 2.14. The molecule has 0 unspecified atom stereocenters. The molecule has 0 fully saturated rings. The van der Waals surface area contributed by atoms with Crippen LogP contribution < -0.4 is 21.3 Å². The molecule has 0 radical (unpaired) electrons. The van der Waals surface area contributed by atoms with E-state index in [1.807, 2.05) is 27.7 Å². The standard InChI is InChI=1S/C25H30N6O4/c1-16-8-9-19(32)15-20(16)29-21-10-11-27-23(30-21)28-18-7-5-6-17(14-18)22(33)26-12-13-35-24(34)31-25(2,3)4/h5-11,14-15,32H,12-13H2,1-4H3,(H,26,33)(H,31,34)(H2,27,28,29,30). The molecule has 2 aromatic carbocycles. The van der Waals surface area contributed by atoms with Crippen molar-refractivity contribution in [2.24, 2.45) is 0 Å². The number of aryl methyl sites for hydroxylation is 1. The summed E-state index contributed by atoms with van der Waals surface area (Å²) in [6.07, 6.45) is 1.07. The van der Waals surface area contributed by atoms with Gasteiger partial charge in [0.25, 0.3) is 5.91 Å². The Kier molecular flexibility index (Phi) is 8.08. The van der Waals surface area contributed by atoms with Crippen molar-refractivity contribution in [2.75, 3.05) is 23.8 Å². The molecule has 184 valence electrons. The molecule has 0 saturated carbocycles. The predicted molar refractivity (Wildman–Crippen MR) is 134 cm³/mol. The van der Waals surface area contributed by atoms with Crippen LogP contribution in [0.25, 0.3) is 0 Å². The number of alkyl carbamates (subject to hydrolysis) is 1. The van der Waals surface area contributed by atoms with Crippen molar-refractivity contribution >= 4 is 35.1 Å². The van der Waals surface area contributed by atoms with E-state index in [9.17, 15) is 14.7 Å². The smallest absolute Gasteiger partial charge is 0.407 e. The number of ether oxygens (including phenoxy) is 1. The number of phenols is 1. The normalized spacial score (nSPS) is 10.9. The number of phenolic OH excluding ortho intramolecular Hbond substituents is 1. The Morgan fingerprint density at radius 2 is 1.86 bits per heavy atom. The second-order valence-corrected chi connectivity index (χ2v) is 8.86. The quantitative estimate of drug-likeness (QED) is 0.303. The Morgan fingerprint density at radius 1 is 1.06 bits per heavy atom. The van der Waals surface area contributed by atoms with E-state index in [0.717, 1.165) is 11.3 Å². The van der Waals surface area contributed by atoms with Gasteiger partial charge in [0.1, 0.15) is 18.2 Å². The van der Waals surface area contributed by atoms with Gasteiger partial charge in [-0.15, -0.1) is 0 Å². The van der Waals surface area contributed by atoms with E-state index in [1.165, 1.54) is 0 Å². The minimum Gasteiger partial charge on any atom is -0.508 e. The second-order valence-electron chi connectivity index (χ2n) is 8.86. The number of anilines is 4. The number of hydrogen-bond donors (Lipinski definition) is 5. The van der Waals surface area contributed by atoms with Crippen LogP contribution in [-0.4, -0.2) is 45.8 Å². The molecule has 0 spiro atoms. The number of benzene rings is 2. The Morgan fingerprint density at radius 3 is 2.63 bits per heavy atom. The molecule has 35 heavy (non-hydrogen) atoms. The van der Waals surface area contributed by atoms with E-state index in [-0.39, 0.29) is 24.8 Å². The first-order valence-electron chi connectivity index (χ1n) is 11.1. The van der Waals surface area contributed by atoms with Crippen molar-refractivity contribution in [3.05, 3.63) is 65.9 Å². The van der Waals surface area contributed by atoms with E-state index < -0.39 is 11.6 Å². The highest BCUT2D eigenvalue weighted by Crippen LogP contribution is 2.24. The number of hydrogen-bond acceptors (Lipinski definition) is 8. The fourth-order valence-electron chi connectivity index (χ4n) is 2.99. The number of amides is 2. The fraction of sp³-hybridized carbons (Fsp3) is 0.280. The summed E-state index contributed by atoms with van der Waals surface area (Å²) in [5.74, 6) is 0.730. The molecule has 10 nitrogen and oxygen atoms in total. The third-order valence-corrected chi connectivity index (χ3v) is 4.62. The predicted octanol–water partition coefficient (Wildman–Crippen LogP) is 4.23. The van der Waals surface area contributed by atoms with Crippen LogP contribution in [0.2, 0.25) is 0 Å². The van der Waals surface area contributed by atoms with Crippen LogP contribution in [0.1, 0.15) is 36.7 Å². The van der Waals surface area contributed by atoms with Gasteiger partial charge in [-0.1, -0.05) is 12.1 Å². The molecular formula is C25H30N6O4. The maximum atomic E-state index is 12.5. The molecule has 0 aliphatic carbocycles. The molecule has 0 bridgehead atoms. The third kappa shape index (κ3) is 8.18. The van der Waals surface area contributed by atoms with E-state index in [1.54, 1.807) is 54.7 Å². The van der Waals surface area contributed by atoms with Crippen LogP contribution in [0.4, 0.5) is 27.9 Å². The van der Waals surface area contributed by atoms with E-state index >= 15 is 0 Å². The highest BCUT2D eigenvalue weighted by molar-refractivity contribution is 5.95. The van der Waals surface area contributed by atoms with Gasteiger partial charge in [-0.05, 0) is 63.6 Å². The first kappa shape index (κ1) is 25.3.